The first kappa shape index (κ1) is 18.5. The van der Waals surface area contributed by atoms with Crippen LogP contribution in [0.2, 0.25) is 0 Å². The largest absolute Gasteiger partial charge is 0.367 e. The Hall–Kier alpha value is -2.83. The number of aryl methyl sites for hydroxylation is 1. The Bertz CT molecular complexity index is 950. The number of hydrogen-bond acceptors (Lipinski definition) is 3. The molecule has 3 heteroatoms. The van der Waals surface area contributed by atoms with Crippen LogP contribution >= 0.6 is 0 Å². The lowest BCUT2D eigenvalue weighted by atomic mass is 10.0. The highest BCUT2D eigenvalue weighted by molar-refractivity contribution is 5.85. The van der Waals surface area contributed by atoms with E-state index in [0.29, 0.717) is 12.5 Å². The molecule has 1 heterocycles. The van der Waals surface area contributed by atoms with Gasteiger partial charge in [0.1, 0.15) is 0 Å². The van der Waals surface area contributed by atoms with Crippen LogP contribution in [0, 0.1) is 11.3 Å². The van der Waals surface area contributed by atoms with Crippen LogP contribution in [0.25, 0.3) is 10.8 Å². The average Bonchev–Trinajstić information content (AvgIpc) is 3.21. The zero-order chi connectivity index (χ0) is 19.2. The highest BCUT2D eigenvalue weighted by Crippen LogP contribution is 2.26. The molecule has 0 aliphatic carbocycles. The van der Waals surface area contributed by atoms with E-state index in [4.69, 9.17) is 5.26 Å². The molecule has 3 aromatic carbocycles. The van der Waals surface area contributed by atoms with E-state index in [1.807, 2.05) is 0 Å². The molecule has 3 nitrogen and oxygen atoms in total. The predicted octanol–water partition coefficient (Wildman–Crippen LogP) is 5.05. The SMILES string of the molecule is N#CCCc1ccc(N2CCCC2CNCc2cccc3ccccc23)cc1. The Kier molecular flexibility index (Phi) is 5.89. The lowest BCUT2D eigenvalue weighted by molar-refractivity contribution is 0.574. The molecule has 28 heavy (non-hydrogen) atoms. The van der Waals surface area contributed by atoms with Gasteiger partial charge in [-0.2, -0.15) is 5.26 Å². The summed E-state index contributed by atoms with van der Waals surface area (Å²) < 4.78 is 0. The Morgan fingerprint density at radius 2 is 1.82 bits per heavy atom. The zero-order valence-corrected chi connectivity index (χ0v) is 16.3. The molecular weight excluding hydrogens is 342 g/mol. The summed E-state index contributed by atoms with van der Waals surface area (Å²) in [6.07, 6.45) is 3.91. The lowest BCUT2D eigenvalue weighted by Gasteiger charge is -2.27. The molecule has 1 atom stereocenters. The smallest absolute Gasteiger partial charge is 0.0625 e. The van der Waals surface area contributed by atoms with Gasteiger partial charge in [-0.3, -0.25) is 0 Å². The third-order valence-corrected chi connectivity index (χ3v) is 5.75. The van der Waals surface area contributed by atoms with E-state index in [1.54, 1.807) is 0 Å². The second kappa shape index (κ2) is 8.91. The van der Waals surface area contributed by atoms with Gasteiger partial charge in [-0.25, -0.2) is 0 Å². The monoisotopic (exact) mass is 369 g/mol. The summed E-state index contributed by atoms with van der Waals surface area (Å²) in [5, 5.41) is 15.1. The van der Waals surface area contributed by atoms with Crippen LogP contribution in [0.1, 0.15) is 30.4 Å². The van der Waals surface area contributed by atoms with Crippen molar-refractivity contribution in [2.24, 2.45) is 0 Å². The van der Waals surface area contributed by atoms with Gasteiger partial charge in [0, 0.05) is 37.8 Å². The summed E-state index contributed by atoms with van der Waals surface area (Å²) in [5.41, 5.74) is 3.91. The van der Waals surface area contributed by atoms with Gasteiger partial charge in [0.2, 0.25) is 0 Å². The predicted molar refractivity (Wildman–Crippen MR) is 116 cm³/mol. The van der Waals surface area contributed by atoms with Crippen molar-refractivity contribution in [3.8, 4) is 6.07 Å². The van der Waals surface area contributed by atoms with Crippen molar-refractivity contribution in [3.05, 3.63) is 77.9 Å². The van der Waals surface area contributed by atoms with Crippen molar-refractivity contribution in [3.63, 3.8) is 0 Å². The van der Waals surface area contributed by atoms with Crippen LogP contribution in [0.5, 0.6) is 0 Å². The quantitative estimate of drug-likeness (QED) is 0.633. The summed E-state index contributed by atoms with van der Waals surface area (Å²) in [6, 6.07) is 26.7. The molecule has 1 fully saturated rings. The number of hydrogen-bond donors (Lipinski definition) is 1. The maximum absolute atomic E-state index is 8.75. The summed E-state index contributed by atoms with van der Waals surface area (Å²) in [7, 11) is 0. The number of nitrogens with one attached hydrogen (secondary N) is 1. The van der Waals surface area contributed by atoms with Gasteiger partial charge in [-0.1, -0.05) is 54.6 Å². The normalized spacial score (nSPS) is 16.4. The van der Waals surface area contributed by atoms with Crippen LogP contribution in [0.4, 0.5) is 5.69 Å². The van der Waals surface area contributed by atoms with E-state index in [9.17, 15) is 0 Å². The number of nitrogens with zero attached hydrogens (tertiary/aromatic N) is 2. The number of fused-ring (bicyclic) bond motifs is 1. The standard InChI is InChI=1S/C25H27N3/c26-16-4-6-20-12-14-23(15-13-20)28-17-5-10-24(28)19-27-18-22-9-3-8-21-7-1-2-11-25(21)22/h1-3,7-9,11-15,24,27H,4-6,10,17-19H2. The molecule has 0 bridgehead atoms. The number of rotatable bonds is 7. The number of benzene rings is 3. The van der Waals surface area contributed by atoms with E-state index in [2.05, 4.69) is 83.0 Å². The molecule has 1 aliphatic rings. The van der Waals surface area contributed by atoms with Gasteiger partial charge >= 0.3 is 0 Å². The van der Waals surface area contributed by atoms with Crippen molar-refractivity contribution in [1.82, 2.24) is 5.32 Å². The van der Waals surface area contributed by atoms with Crippen LogP contribution in [-0.4, -0.2) is 19.1 Å². The highest BCUT2D eigenvalue weighted by atomic mass is 15.2. The van der Waals surface area contributed by atoms with Crippen molar-refractivity contribution in [1.29, 1.82) is 5.26 Å². The van der Waals surface area contributed by atoms with E-state index in [0.717, 1.165) is 26.1 Å². The van der Waals surface area contributed by atoms with E-state index in [1.165, 1.54) is 40.4 Å². The van der Waals surface area contributed by atoms with Crippen molar-refractivity contribution < 1.29 is 0 Å². The molecule has 142 valence electrons. The molecule has 1 aliphatic heterocycles. The van der Waals surface area contributed by atoms with Gasteiger partial charge < -0.3 is 10.2 Å². The minimum Gasteiger partial charge on any atom is -0.367 e. The zero-order valence-electron chi connectivity index (χ0n) is 16.3. The van der Waals surface area contributed by atoms with Gasteiger partial charge in [0.25, 0.3) is 0 Å². The van der Waals surface area contributed by atoms with Crippen molar-refractivity contribution in [2.45, 2.75) is 38.3 Å². The Morgan fingerprint density at radius 3 is 2.68 bits per heavy atom. The molecular formula is C25H27N3. The summed E-state index contributed by atoms with van der Waals surface area (Å²) >= 11 is 0. The first-order chi connectivity index (χ1) is 13.8. The van der Waals surface area contributed by atoms with E-state index < -0.39 is 0 Å². The van der Waals surface area contributed by atoms with Gasteiger partial charge in [-0.15, -0.1) is 0 Å². The fourth-order valence-corrected chi connectivity index (χ4v) is 4.26. The van der Waals surface area contributed by atoms with Crippen LogP contribution in [0.15, 0.2) is 66.7 Å². The fraction of sp³-hybridized carbons (Fsp3) is 0.320. The second-order valence-corrected chi connectivity index (χ2v) is 7.58. The van der Waals surface area contributed by atoms with Crippen LogP contribution < -0.4 is 10.2 Å². The molecule has 3 aromatic rings. The molecule has 0 spiro atoms. The Labute approximate surface area is 167 Å². The number of nitriles is 1. The minimum absolute atomic E-state index is 0.542. The molecule has 4 rings (SSSR count). The fourth-order valence-electron chi connectivity index (χ4n) is 4.26. The summed E-state index contributed by atoms with van der Waals surface area (Å²) in [6.45, 7) is 3.02. The molecule has 0 radical (unpaired) electrons. The first-order valence-corrected chi connectivity index (χ1v) is 10.2. The van der Waals surface area contributed by atoms with Crippen LogP contribution in [0.3, 0.4) is 0 Å². The summed E-state index contributed by atoms with van der Waals surface area (Å²) in [5.74, 6) is 0. The highest BCUT2D eigenvalue weighted by Gasteiger charge is 2.24. The van der Waals surface area contributed by atoms with Crippen molar-refractivity contribution in [2.75, 3.05) is 18.0 Å². The summed E-state index contributed by atoms with van der Waals surface area (Å²) in [4.78, 5) is 2.53. The molecule has 1 N–H and O–H groups in total. The Balaban J connectivity index is 1.37. The minimum atomic E-state index is 0.542. The molecule has 1 unspecified atom stereocenters. The topological polar surface area (TPSA) is 39.1 Å². The molecule has 0 amide bonds. The van der Waals surface area contributed by atoms with Crippen molar-refractivity contribution >= 4 is 16.5 Å². The van der Waals surface area contributed by atoms with Gasteiger partial charge in [-0.05, 0) is 53.3 Å². The van der Waals surface area contributed by atoms with Crippen LogP contribution in [-0.2, 0) is 13.0 Å². The van der Waals surface area contributed by atoms with Gasteiger partial charge in [0.15, 0.2) is 0 Å². The lowest BCUT2D eigenvalue weighted by Crippen LogP contribution is -2.37. The third kappa shape index (κ3) is 4.18. The average molecular weight is 370 g/mol. The third-order valence-electron chi connectivity index (χ3n) is 5.75. The number of anilines is 1. The second-order valence-electron chi connectivity index (χ2n) is 7.58. The van der Waals surface area contributed by atoms with Gasteiger partial charge in [0.05, 0.1) is 6.07 Å². The maximum Gasteiger partial charge on any atom is 0.0625 e. The van der Waals surface area contributed by atoms with E-state index in [-0.39, 0.29) is 0 Å². The maximum atomic E-state index is 8.75. The Morgan fingerprint density at radius 1 is 1.00 bits per heavy atom. The first-order valence-electron chi connectivity index (χ1n) is 10.2. The molecule has 0 aromatic heterocycles. The molecule has 0 saturated carbocycles. The van der Waals surface area contributed by atoms with E-state index >= 15 is 0 Å². The molecule has 1 saturated heterocycles.